The van der Waals surface area contributed by atoms with Crippen molar-refractivity contribution in [2.24, 2.45) is 0 Å². The standard InChI is InChI=1S/C16H21N3OS/c1-13-12-19(8-9-21-13)7-3-6-16(20)18-15-5-2-4-14(10-15)11-17/h2,4-5,10,13H,3,6-9,12H2,1H3,(H,18,20). The van der Waals surface area contributed by atoms with Crippen LogP contribution >= 0.6 is 11.8 Å². The fourth-order valence-corrected chi connectivity index (χ4v) is 3.53. The van der Waals surface area contributed by atoms with Crippen molar-refractivity contribution in [3.8, 4) is 6.07 Å². The Morgan fingerprint density at radius 2 is 2.43 bits per heavy atom. The summed E-state index contributed by atoms with van der Waals surface area (Å²) < 4.78 is 0. The SMILES string of the molecule is CC1CN(CCCC(=O)Nc2cccc(C#N)c2)CCS1. The highest BCUT2D eigenvalue weighted by Gasteiger charge is 2.16. The minimum absolute atomic E-state index is 0.0181. The molecule has 1 saturated heterocycles. The van der Waals surface area contributed by atoms with E-state index in [9.17, 15) is 4.79 Å². The third-order valence-electron chi connectivity index (χ3n) is 3.48. The number of benzene rings is 1. The predicted molar refractivity (Wildman–Crippen MR) is 87.4 cm³/mol. The fraction of sp³-hybridized carbons (Fsp3) is 0.500. The molecule has 0 aliphatic carbocycles. The van der Waals surface area contributed by atoms with Gasteiger partial charge in [0, 0.05) is 36.2 Å². The monoisotopic (exact) mass is 303 g/mol. The van der Waals surface area contributed by atoms with E-state index in [-0.39, 0.29) is 5.91 Å². The zero-order valence-corrected chi connectivity index (χ0v) is 13.2. The van der Waals surface area contributed by atoms with Crippen LogP contribution < -0.4 is 5.32 Å². The van der Waals surface area contributed by atoms with E-state index in [1.165, 1.54) is 5.75 Å². The summed E-state index contributed by atoms with van der Waals surface area (Å²) in [6.07, 6.45) is 1.40. The molecule has 21 heavy (non-hydrogen) atoms. The van der Waals surface area contributed by atoms with Gasteiger partial charge >= 0.3 is 0 Å². The third-order valence-corrected chi connectivity index (χ3v) is 4.62. The molecular weight excluding hydrogens is 282 g/mol. The number of anilines is 1. The van der Waals surface area contributed by atoms with Crippen LogP contribution in [0.4, 0.5) is 5.69 Å². The molecule has 1 aromatic carbocycles. The molecule has 1 aliphatic heterocycles. The lowest BCUT2D eigenvalue weighted by Crippen LogP contribution is -2.37. The van der Waals surface area contributed by atoms with Crippen LogP contribution in [0.25, 0.3) is 0 Å². The highest BCUT2D eigenvalue weighted by Crippen LogP contribution is 2.18. The van der Waals surface area contributed by atoms with Gasteiger partial charge in [-0.2, -0.15) is 17.0 Å². The maximum Gasteiger partial charge on any atom is 0.224 e. The minimum atomic E-state index is 0.0181. The van der Waals surface area contributed by atoms with Gasteiger partial charge in [-0.15, -0.1) is 0 Å². The summed E-state index contributed by atoms with van der Waals surface area (Å²) in [5.74, 6) is 1.21. The van der Waals surface area contributed by atoms with Gasteiger partial charge in [-0.05, 0) is 31.2 Å². The molecule has 112 valence electrons. The molecule has 1 heterocycles. The van der Waals surface area contributed by atoms with Gasteiger partial charge in [0.05, 0.1) is 11.6 Å². The van der Waals surface area contributed by atoms with Gasteiger partial charge in [-0.25, -0.2) is 0 Å². The molecule has 0 saturated carbocycles. The van der Waals surface area contributed by atoms with Crippen molar-refractivity contribution in [2.45, 2.75) is 25.0 Å². The number of hydrogen-bond acceptors (Lipinski definition) is 4. The largest absolute Gasteiger partial charge is 0.326 e. The predicted octanol–water partition coefficient (Wildman–Crippen LogP) is 2.71. The summed E-state index contributed by atoms with van der Waals surface area (Å²) >= 11 is 2.02. The lowest BCUT2D eigenvalue weighted by atomic mass is 10.2. The Bertz CT molecular complexity index is 526. The van der Waals surface area contributed by atoms with Crippen molar-refractivity contribution in [3.63, 3.8) is 0 Å². The van der Waals surface area contributed by atoms with Crippen LogP contribution in [0.5, 0.6) is 0 Å². The van der Waals surface area contributed by atoms with Crippen molar-refractivity contribution in [2.75, 3.05) is 30.7 Å². The molecule has 4 nitrogen and oxygen atoms in total. The summed E-state index contributed by atoms with van der Waals surface area (Å²) in [5, 5.41) is 12.4. The van der Waals surface area contributed by atoms with E-state index in [1.54, 1.807) is 18.2 Å². The molecule has 1 aromatic rings. The van der Waals surface area contributed by atoms with Gasteiger partial charge in [0.15, 0.2) is 0 Å². The number of carbonyl (C=O) groups excluding carboxylic acids is 1. The van der Waals surface area contributed by atoms with E-state index >= 15 is 0 Å². The number of carbonyl (C=O) groups is 1. The molecule has 0 radical (unpaired) electrons. The van der Waals surface area contributed by atoms with Gasteiger partial charge in [-0.1, -0.05) is 13.0 Å². The highest BCUT2D eigenvalue weighted by atomic mass is 32.2. The van der Waals surface area contributed by atoms with Crippen LogP contribution in [0.3, 0.4) is 0 Å². The maximum absolute atomic E-state index is 11.9. The molecule has 0 spiro atoms. The zero-order chi connectivity index (χ0) is 15.1. The number of nitriles is 1. The van der Waals surface area contributed by atoms with Crippen molar-refractivity contribution in [3.05, 3.63) is 29.8 Å². The Labute approximate surface area is 130 Å². The molecule has 0 bridgehead atoms. The molecule has 1 N–H and O–H groups in total. The number of nitrogens with one attached hydrogen (secondary N) is 1. The van der Waals surface area contributed by atoms with Crippen LogP contribution in [-0.2, 0) is 4.79 Å². The normalized spacial score (nSPS) is 19.0. The summed E-state index contributed by atoms with van der Waals surface area (Å²) in [4.78, 5) is 14.3. The summed E-state index contributed by atoms with van der Waals surface area (Å²) in [6.45, 7) is 5.49. The lowest BCUT2D eigenvalue weighted by Gasteiger charge is -2.30. The zero-order valence-electron chi connectivity index (χ0n) is 12.3. The quantitative estimate of drug-likeness (QED) is 0.908. The Kier molecular flexibility index (Phi) is 6.09. The highest BCUT2D eigenvalue weighted by molar-refractivity contribution is 7.99. The third kappa shape index (κ3) is 5.41. The molecule has 0 aromatic heterocycles. The summed E-state index contributed by atoms with van der Waals surface area (Å²) in [5.41, 5.74) is 1.26. The molecule has 1 aliphatic rings. The fourth-order valence-electron chi connectivity index (χ4n) is 2.45. The Morgan fingerprint density at radius 3 is 3.19 bits per heavy atom. The average molecular weight is 303 g/mol. The van der Waals surface area contributed by atoms with Crippen LogP contribution in [0.15, 0.2) is 24.3 Å². The van der Waals surface area contributed by atoms with E-state index in [0.717, 1.165) is 26.1 Å². The van der Waals surface area contributed by atoms with Crippen LogP contribution in [0.2, 0.25) is 0 Å². The second-order valence-corrected chi connectivity index (χ2v) is 6.87. The average Bonchev–Trinajstić information content (AvgIpc) is 2.47. The summed E-state index contributed by atoms with van der Waals surface area (Å²) in [6, 6.07) is 9.08. The maximum atomic E-state index is 11.9. The Morgan fingerprint density at radius 1 is 1.57 bits per heavy atom. The van der Waals surface area contributed by atoms with Crippen molar-refractivity contribution in [1.29, 1.82) is 5.26 Å². The molecule has 5 heteroatoms. The smallest absolute Gasteiger partial charge is 0.224 e. The summed E-state index contributed by atoms with van der Waals surface area (Å²) in [7, 11) is 0. The van der Waals surface area contributed by atoms with Crippen LogP contribution in [0, 0.1) is 11.3 Å². The molecule has 1 amide bonds. The van der Waals surface area contributed by atoms with Crippen molar-refractivity contribution in [1.82, 2.24) is 4.90 Å². The first-order chi connectivity index (χ1) is 10.2. The van der Waals surface area contributed by atoms with Gasteiger partial charge in [0.2, 0.25) is 5.91 Å². The molecule has 1 atom stereocenters. The van der Waals surface area contributed by atoms with Gasteiger partial charge in [0.1, 0.15) is 0 Å². The minimum Gasteiger partial charge on any atom is -0.326 e. The van der Waals surface area contributed by atoms with Gasteiger partial charge < -0.3 is 10.2 Å². The first-order valence-electron chi connectivity index (χ1n) is 7.31. The number of hydrogen-bond donors (Lipinski definition) is 1. The Balaban J connectivity index is 1.71. The van der Waals surface area contributed by atoms with Crippen LogP contribution in [0.1, 0.15) is 25.3 Å². The number of thioether (sulfide) groups is 1. The topological polar surface area (TPSA) is 56.1 Å². The molecule has 1 fully saturated rings. The van der Waals surface area contributed by atoms with E-state index in [4.69, 9.17) is 5.26 Å². The number of rotatable bonds is 5. The first-order valence-corrected chi connectivity index (χ1v) is 8.36. The lowest BCUT2D eigenvalue weighted by molar-refractivity contribution is -0.116. The van der Waals surface area contributed by atoms with Gasteiger partial charge in [0.25, 0.3) is 0 Å². The molecular formula is C16H21N3OS. The van der Waals surface area contributed by atoms with Crippen molar-refractivity contribution < 1.29 is 4.79 Å². The number of amides is 1. The van der Waals surface area contributed by atoms with Crippen LogP contribution in [-0.4, -0.2) is 41.4 Å². The van der Waals surface area contributed by atoms with E-state index in [1.807, 2.05) is 17.8 Å². The number of nitrogens with zero attached hydrogens (tertiary/aromatic N) is 2. The van der Waals surface area contributed by atoms with E-state index in [0.29, 0.717) is 22.9 Å². The second-order valence-electron chi connectivity index (χ2n) is 5.33. The molecule has 2 rings (SSSR count). The molecule has 1 unspecified atom stereocenters. The van der Waals surface area contributed by atoms with Gasteiger partial charge in [-0.3, -0.25) is 4.79 Å². The second kappa shape index (κ2) is 8.06. The Hall–Kier alpha value is -1.51. The van der Waals surface area contributed by atoms with E-state index in [2.05, 4.69) is 23.2 Å². The first kappa shape index (κ1) is 15.9. The van der Waals surface area contributed by atoms with Crippen molar-refractivity contribution >= 4 is 23.4 Å². The van der Waals surface area contributed by atoms with E-state index < -0.39 is 0 Å².